The lowest BCUT2D eigenvalue weighted by Crippen LogP contribution is -2.11. The van der Waals surface area contributed by atoms with Gasteiger partial charge < -0.3 is 5.32 Å². The summed E-state index contributed by atoms with van der Waals surface area (Å²) < 4.78 is 0. The second-order valence-corrected chi connectivity index (χ2v) is 4.12. The smallest absolute Gasteiger partial charge is 0.269 e. The number of benzene rings is 2. The molecule has 0 spiro atoms. The molecule has 2 aromatic carbocycles. The molecule has 0 saturated carbocycles. The Morgan fingerprint density at radius 3 is 2.16 bits per heavy atom. The van der Waals surface area contributed by atoms with Gasteiger partial charge in [-0.1, -0.05) is 17.7 Å². The topological polar surface area (TPSA) is 72.2 Å². The molecule has 19 heavy (non-hydrogen) atoms. The largest absolute Gasteiger partial charge is 0.322 e. The third kappa shape index (κ3) is 3.16. The van der Waals surface area contributed by atoms with Gasteiger partial charge in [-0.3, -0.25) is 14.9 Å². The summed E-state index contributed by atoms with van der Waals surface area (Å²) in [4.78, 5) is 21.9. The van der Waals surface area contributed by atoms with Crippen LogP contribution in [-0.2, 0) is 0 Å². The maximum atomic E-state index is 11.9. The van der Waals surface area contributed by atoms with E-state index in [1.165, 1.54) is 24.3 Å². The van der Waals surface area contributed by atoms with Crippen LogP contribution < -0.4 is 5.32 Å². The average Bonchev–Trinajstić information content (AvgIpc) is 2.40. The molecule has 0 bridgehead atoms. The van der Waals surface area contributed by atoms with Crippen molar-refractivity contribution in [3.8, 4) is 0 Å². The van der Waals surface area contributed by atoms with Crippen LogP contribution in [0, 0.1) is 17.0 Å². The van der Waals surface area contributed by atoms with E-state index < -0.39 is 4.92 Å². The molecular weight excluding hydrogens is 244 g/mol. The highest BCUT2D eigenvalue weighted by atomic mass is 16.6. The highest BCUT2D eigenvalue weighted by Gasteiger charge is 2.07. The molecular formula is C14H12N2O3. The minimum Gasteiger partial charge on any atom is -0.322 e. The standard InChI is InChI=1S/C14H12N2O3/c1-10-2-4-11(5-3-10)14(17)15-12-6-8-13(9-7-12)16(18)19/h2-9H,1H3,(H,15,17). The number of hydrogen-bond acceptors (Lipinski definition) is 3. The Morgan fingerprint density at radius 1 is 1.05 bits per heavy atom. The zero-order valence-electron chi connectivity index (χ0n) is 10.3. The summed E-state index contributed by atoms with van der Waals surface area (Å²) in [5.74, 6) is -0.242. The van der Waals surface area contributed by atoms with Crippen molar-refractivity contribution in [1.82, 2.24) is 0 Å². The molecule has 0 aliphatic carbocycles. The van der Waals surface area contributed by atoms with E-state index in [1.54, 1.807) is 12.1 Å². The number of aryl methyl sites for hydroxylation is 1. The number of nitrogens with zero attached hydrogens (tertiary/aromatic N) is 1. The summed E-state index contributed by atoms with van der Waals surface area (Å²) >= 11 is 0. The molecule has 0 aromatic heterocycles. The van der Waals surface area contributed by atoms with Crippen molar-refractivity contribution in [3.05, 3.63) is 69.8 Å². The fraction of sp³-hybridized carbons (Fsp3) is 0.0714. The van der Waals surface area contributed by atoms with E-state index in [1.807, 2.05) is 19.1 Å². The Kier molecular flexibility index (Phi) is 3.56. The Morgan fingerprint density at radius 2 is 1.63 bits per heavy atom. The molecule has 1 N–H and O–H groups in total. The number of rotatable bonds is 3. The lowest BCUT2D eigenvalue weighted by Gasteiger charge is -2.05. The number of anilines is 1. The van der Waals surface area contributed by atoms with Crippen molar-refractivity contribution in [2.45, 2.75) is 6.92 Å². The zero-order valence-corrected chi connectivity index (χ0v) is 10.3. The predicted molar refractivity (Wildman–Crippen MR) is 72.2 cm³/mol. The van der Waals surface area contributed by atoms with Crippen LogP contribution in [0.1, 0.15) is 15.9 Å². The van der Waals surface area contributed by atoms with Crippen molar-refractivity contribution in [2.75, 3.05) is 5.32 Å². The van der Waals surface area contributed by atoms with Crippen LogP contribution in [0.5, 0.6) is 0 Å². The molecule has 5 nitrogen and oxygen atoms in total. The van der Waals surface area contributed by atoms with Crippen molar-refractivity contribution < 1.29 is 9.72 Å². The minimum atomic E-state index is -0.481. The summed E-state index contributed by atoms with van der Waals surface area (Å²) in [5, 5.41) is 13.2. The van der Waals surface area contributed by atoms with Gasteiger partial charge in [0.2, 0.25) is 0 Å². The van der Waals surface area contributed by atoms with Gasteiger partial charge in [-0.05, 0) is 31.2 Å². The lowest BCUT2D eigenvalue weighted by atomic mass is 10.1. The number of amides is 1. The van der Waals surface area contributed by atoms with E-state index in [2.05, 4.69) is 5.32 Å². The molecule has 0 fully saturated rings. The fourth-order valence-corrected chi connectivity index (χ4v) is 1.57. The summed E-state index contributed by atoms with van der Waals surface area (Å²) in [5.41, 5.74) is 2.14. The predicted octanol–water partition coefficient (Wildman–Crippen LogP) is 3.16. The molecule has 2 aromatic rings. The molecule has 0 atom stereocenters. The number of hydrogen-bond donors (Lipinski definition) is 1. The summed E-state index contributed by atoms with van der Waals surface area (Å²) in [6.45, 7) is 1.94. The van der Waals surface area contributed by atoms with Crippen LogP contribution in [0.2, 0.25) is 0 Å². The first kappa shape index (κ1) is 12.8. The second kappa shape index (κ2) is 5.30. The zero-order chi connectivity index (χ0) is 13.8. The van der Waals surface area contributed by atoms with Gasteiger partial charge in [0.1, 0.15) is 0 Å². The maximum absolute atomic E-state index is 11.9. The van der Waals surface area contributed by atoms with Gasteiger partial charge in [0.05, 0.1) is 4.92 Å². The normalized spacial score (nSPS) is 9.95. The molecule has 0 heterocycles. The van der Waals surface area contributed by atoms with Crippen LogP contribution in [0.3, 0.4) is 0 Å². The molecule has 0 aliphatic rings. The number of nitro groups is 1. The number of nitrogens with one attached hydrogen (secondary N) is 1. The molecule has 0 saturated heterocycles. The first-order chi connectivity index (χ1) is 9.06. The molecule has 0 aliphatic heterocycles. The monoisotopic (exact) mass is 256 g/mol. The first-order valence-corrected chi connectivity index (χ1v) is 5.69. The summed E-state index contributed by atoms with van der Waals surface area (Å²) in [6, 6.07) is 12.9. The number of carbonyl (C=O) groups is 1. The van der Waals surface area contributed by atoms with E-state index in [4.69, 9.17) is 0 Å². The van der Waals surface area contributed by atoms with E-state index >= 15 is 0 Å². The van der Waals surface area contributed by atoms with E-state index in [-0.39, 0.29) is 11.6 Å². The van der Waals surface area contributed by atoms with Gasteiger partial charge >= 0.3 is 0 Å². The van der Waals surface area contributed by atoms with Gasteiger partial charge in [0.15, 0.2) is 0 Å². The Hall–Kier alpha value is -2.69. The summed E-state index contributed by atoms with van der Waals surface area (Å²) in [6.07, 6.45) is 0. The molecule has 0 unspecified atom stereocenters. The molecule has 5 heteroatoms. The third-order valence-electron chi connectivity index (χ3n) is 2.65. The Bertz CT molecular complexity index is 604. The van der Waals surface area contributed by atoms with E-state index in [9.17, 15) is 14.9 Å². The van der Waals surface area contributed by atoms with E-state index in [0.717, 1.165) is 5.56 Å². The lowest BCUT2D eigenvalue weighted by molar-refractivity contribution is -0.384. The summed E-state index contributed by atoms with van der Waals surface area (Å²) in [7, 11) is 0. The number of non-ortho nitro benzene ring substituents is 1. The third-order valence-corrected chi connectivity index (χ3v) is 2.65. The minimum absolute atomic E-state index is 0.00617. The van der Waals surface area contributed by atoms with Gasteiger partial charge in [0.25, 0.3) is 11.6 Å². The van der Waals surface area contributed by atoms with Gasteiger partial charge in [-0.15, -0.1) is 0 Å². The van der Waals surface area contributed by atoms with Crippen molar-refractivity contribution in [2.24, 2.45) is 0 Å². The van der Waals surface area contributed by atoms with Gasteiger partial charge in [-0.2, -0.15) is 0 Å². The van der Waals surface area contributed by atoms with Crippen molar-refractivity contribution >= 4 is 17.3 Å². The number of nitro benzene ring substituents is 1. The first-order valence-electron chi connectivity index (χ1n) is 5.69. The van der Waals surface area contributed by atoms with Crippen molar-refractivity contribution in [3.63, 3.8) is 0 Å². The SMILES string of the molecule is Cc1ccc(C(=O)Nc2ccc([N+](=O)[O-])cc2)cc1. The van der Waals surface area contributed by atoms with Crippen LogP contribution in [0.15, 0.2) is 48.5 Å². The van der Waals surface area contributed by atoms with Crippen molar-refractivity contribution in [1.29, 1.82) is 0 Å². The highest BCUT2D eigenvalue weighted by Crippen LogP contribution is 2.16. The maximum Gasteiger partial charge on any atom is 0.269 e. The van der Waals surface area contributed by atoms with Crippen LogP contribution in [-0.4, -0.2) is 10.8 Å². The fourth-order valence-electron chi connectivity index (χ4n) is 1.57. The van der Waals surface area contributed by atoms with Crippen LogP contribution in [0.4, 0.5) is 11.4 Å². The van der Waals surface area contributed by atoms with Gasteiger partial charge in [0, 0.05) is 23.4 Å². The molecule has 1 amide bonds. The second-order valence-electron chi connectivity index (χ2n) is 4.12. The molecule has 96 valence electrons. The van der Waals surface area contributed by atoms with Gasteiger partial charge in [-0.25, -0.2) is 0 Å². The highest BCUT2D eigenvalue weighted by molar-refractivity contribution is 6.04. The quantitative estimate of drug-likeness (QED) is 0.677. The Labute approximate surface area is 110 Å². The molecule has 0 radical (unpaired) electrons. The van der Waals surface area contributed by atoms with Crippen LogP contribution in [0.25, 0.3) is 0 Å². The number of carbonyl (C=O) groups excluding carboxylic acids is 1. The Balaban J connectivity index is 2.10. The average molecular weight is 256 g/mol. The van der Waals surface area contributed by atoms with Crippen LogP contribution >= 0.6 is 0 Å². The van der Waals surface area contributed by atoms with E-state index in [0.29, 0.717) is 11.3 Å². The molecule has 2 rings (SSSR count).